The van der Waals surface area contributed by atoms with Crippen molar-refractivity contribution in [2.45, 2.75) is 130 Å². The van der Waals surface area contributed by atoms with Gasteiger partial charge in [0.2, 0.25) is 0 Å². The zero-order chi connectivity index (χ0) is 48.2. The normalized spacial score (nSPS) is 18.0. The van der Waals surface area contributed by atoms with Crippen molar-refractivity contribution in [3.63, 3.8) is 0 Å². The highest BCUT2D eigenvalue weighted by Gasteiger charge is 2.33. The van der Waals surface area contributed by atoms with E-state index in [-0.39, 0.29) is 0 Å². The zero-order valence-electron chi connectivity index (χ0n) is 40.4. The summed E-state index contributed by atoms with van der Waals surface area (Å²) in [5, 5.41) is 0. The third-order valence-electron chi connectivity index (χ3n) is 10.4. The molecular weight excluding hydrogens is 1180 g/mol. The molecule has 1 aromatic heterocycles. The highest BCUT2D eigenvalue weighted by atomic mass is 32.3. The van der Waals surface area contributed by atoms with Crippen molar-refractivity contribution in [2.24, 2.45) is 0 Å². The Morgan fingerprint density at radius 2 is 0.594 bits per heavy atom. The van der Waals surface area contributed by atoms with Gasteiger partial charge >= 0.3 is 0 Å². The van der Waals surface area contributed by atoms with E-state index in [2.05, 4.69) is 111 Å². The fourth-order valence-corrected chi connectivity index (χ4v) is 32.0. The fraction of sp³-hybridized carbons (Fsp3) is 0.520. The Morgan fingerprint density at radius 3 is 0.855 bits per heavy atom. The lowest BCUT2D eigenvalue weighted by atomic mass is 10.2. The number of thiophene rings is 1. The molecule has 2 nitrogen and oxygen atoms in total. The summed E-state index contributed by atoms with van der Waals surface area (Å²) >= 11 is 33.4. The second kappa shape index (κ2) is 32.9. The van der Waals surface area contributed by atoms with E-state index in [1.54, 1.807) is 25.6 Å². The number of rotatable bonds is 30. The van der Waals surface area contributed by atoms with Gasteiger partial charge in [-0.1, -0.05) is 246 Å². The molecule has 19 heteroatoms. The quantitative estimate of drug-likeness (QED) is 0.0681. The van der Waals surface area contributed by atoms with Crippen LogP contribution in [0.1, 0.15) is 140 Å². The Kier molecular flexibility index (Phi) is 28.1. The van der Waals surface area contributed by atoms with Gasteiger partial charge in [-0.05, 0) is 85.2 Å². The maximum atomic E-state index is 6.03. The molecule has 1 aromatic rings. The summed E-state index contributed by atoms with van der Waals surface area (Å²) in [5.74, 6) is 6.58. The van der Waals surface area contributed by atoms with Gasteiger partial charge in [-0.15, -0.1) is 58.4 Å². The van der Waals surface area contributed by atoms with E-state index in [9.17, 15) is 0 Å². The zero-order valence-corrected chi connectivity index (χ0v) is 54.2. The van der Waals surface area contributed by atoms with E-state index in [0.29, 0.717) is 0 Å². The SMILES string of the molecule is CCCCCCSC1=C(SCCCCCC)SC(=CC=C2SC3=C(S2)SC(=Cc2sc(C=C4SC5=C(SC(=CC=C6SC(SCCCCCC)=C(SCCCCCC)S6)S5)S4)c(OC)c2OC)S3)S1. The molecule has 0 spiro atoms. The molecule has 0 fully saturated rings. The molecule has 7 rings (SSSR count). The lowest BCUT2D eigenvalue weighted by Crippen LogP contribution is -1.89. The van der Waals surface area contributed by atoms with Crippen LogP contribution in [0.4, 0.5) is 0 Å². The van der Waals surface area contributed by atoms with Crippen LogP contribution < -0.4 is 9.47 Å². The molecule has 7 heterocycles. The molecule has 0 radical (unpaired) electrons. The first-order chi connectivity index (χ1) is 33.9. The number of hydrogen-bond acceptors (Lipinski definition) is 19. The third-order valence-corrected chi connectivity index (χ3v) is 33.4. The molecule has 69 heavy (non-hydrogen) atoms. The van der Waals surface area contributed by atoms with E-state index in [0.717, 1.165) is 21.3 Å². The van der Waals surface area contributed by atoms with Crippen molar-refractivity contribution in [3.8, 4) is 11.5 Å². The molecule has 6 aliphatic rings. The topological polar surface area (TPSA) is 18.5 Å². The van der Waals surface area contributed by atoms with E-state index in [1.165, 1.54) is 185 Å². The molecule has 0 saturated heterocycles. The third kappa shape index (κ3) is 18.7. The van der Waals surface area contributed by atoms with E-state index in [1.807, 2.05) is 141 Å². The molecule has 0 aromatic carbocycles. The average molecular weight is 1240 g/mol. The molecule has 0 aliphatic carbocycles. The Bertz CT molecular complexity index is 1990. The predicted molar refractivity (Wildman–Crippen MR) is 351 cm³/mol. The Labute approximate surface area is 487 Å². The molecule has 0 saturated carbocycles. The summed E-state index contributed by atoms with van der Waals surface area (Å²) in [6.07, 6.45) is 35.3. The van der Waals surface area contributed by atoms with Crippen molar-refractivity contribution in [3.05, 3.63) is 93.4 Å². The van der Waals surface area contributed by atoms with Crippen LogP contribution in [0.5, 0.6) is 11.5 Å². The second-order valence-corrected chi connectivity index (χ2v) is 37.7. The Balaban J connectivity index is 0.906. The van der Waals surface area contributed by atoms with Gasteiger partial charge < -0.3 is 9.47 Å². The molecule has 0 unspecified atom stereocenters. The van der Waals surface area contributed by atoms with Crippen LogP contribution in [0.15, 0.2) is 83.6 Å². The van der Waals surface area contributed by atoms with Crippen LogP contribution in [-0.4, -0.2) is 37.2 Å². The first kappa shape index (κ1) is 59.0. The van der Waals surface area contributed by atoms with E-state index < -0.39 is 0 Å². The maximum Gasteiger partial charge on any atom is 0.179 e. The number of hydrogen-bond donors (Lipinski definition) is 0. The van der Waals surface area contributed by atoms with Gasteiger partial charge in [0, 0.05) is 0 Å². The number of unbranched alkanes of at least 4 members (excludes halogenated alkanes) is 12. The van der Waals surface area contributed by atoms with Crippen molar-refractivity contribution >= 4 is 212 Å². The maximum absolute atomic E-state index is 6.03. The summed E-state index contributed by atoms with van der Waals surface area (Å²) in [7, 11) is 3.53. The first-order valence-electron chi connectivity index (χ1n) is 24.1. The molecule has 0 N–H and O–H groups in total. The van der Waals surface area contributed by atoms with Crippen molar-refractivity contribution in [2.75, 3.05) is 37.2 Å². The van der Waals surface area contributed by atoms with Gasteiger partial charge in [-0.2, -0.15) is 0 Å². The van der Waals surface area contributed by atoms with Crippen LogP contribution in [0.25, 0.3) is 12.2 Å². The standard InChI is InChI=1S/C50H64O2S17/c1-7-11-15-19-27-53-43-44(54-28-20-16-12-8-2)59-35(58-43)23-25-37-62-47-48(63-37)67-39(66-47)31-33-41(51-5)42(52-6)34(57-33)32-40-68-49-50(69-40)65-38(64-49)26-24-36-60-45(55-29-21-17-13-9-3)46(61-36)56-30-22-18-14-10-4/h23-26,31-32H,7-22,27-30H2,1-6H3. The van der Waals surface area contributed by atoms with Gasteiger partial charge in [-0.25, -0.2) is 0 Å². The summed E-state index contributed by atoms with van der Waals surface area (Å²) in [6, 6.07) is 0. The smallest absolute Gasteiger partial charge is 0.179 e. The molecular formula is C50H64O2S17. The minimum absolute atomic E-state index is 0.823. The minimum atomic E-state index is 0.823. The average Bonchev–Trinajstić information content (AvgIpc) is 4.22. The van der Waals surface area contributed by atoms with Crippen molar-refractivity contribution in [1.29, 1.82) is 0 Å². The van der Waals surface area contributed by atoms with Crippen LogP contribution in [0.3, 0.4) is 0 Å². The highest BCUT2D eigenvalue weighted by Crippen LogP contribution is 2.69. The van der Waals surface area contributed by atoms with E-state index in [4.69, 9.17) is 9.47 Å². The number of ether oxygens (including phenoxy) is 2. The lowest BCUT2D eigenvalue weighted by molar-refractivity contribution is 0.357. The van der Waals surface area contributed by atoms with Crippen molar-refractivity contribution in [1.82, 2.24) is 0 Å². The predicted octanol–water partition coefficient (Wildman–Crippen LogP) is 24.4. The number of allylic oxidation sites excluding steroid dienone is 4. The molecule has 6 aliphatic heterocycles. The molecule has 0 bridgehead atoms. The van der Waals surface area contributed by atoms with Crippen LogP contribution in [-0.2, 0) is 0 Å². The van der Waals surface area contributed by atoms with Gasteiger partial charge in [0.05, 0.1) is 83.3 Å². The Morgan fingerprint density at radius 1 is 0.333 bits per heavy atom. The fourth-order valence-electron chi connectivity index (χ4n) is 6.82. The number of thioether (sulfide) groups is 16. The summed E-state index contributed by atoms with van der Waals surface area (Å²) in [6.45, 7) is 9.19. The largest absolute Gasteiger partial charge is 0.491 e. The molecule has 0 atom stereocenters. The van der Waals surface area contributed by atoms with Crippen LogP contribution >= 0.6 is 200 Å². The first-order valence-corrected chi connectivity index (χ1v) is 38.6. The second-order valence-electron chi connectivity index (χ2n) is 15.9. The van der Waals surface area contributed by atoms with Crippen LogP contribution in [0.2, 0.25) is 0 Å². The summed E-state index contributed by atoms with van der Waals surface area (Å²) in [5.41, 5.74) is 0. The van der Waals surface area contributed by atoms with Gasteiger partial charge in [-0.3, -0.25) is 0 Å². The molecule has 0 amide bonds. The van der Waals surface area contributed by atoms with Gasteiger partial charge in [0.1, 0.15) is 0 Å². The lowest BCUT2D eigenvalue weighted by Gasteiger charge is -2.05. The van der Waals surface area contributed by atoms with Crippen molar-refractivity contribution < 1.29 is 9.47 Å². The summed E-state index contributed by atoms with van der Waals surface area (Å²) < 4.78 is 31.9. The van der Waals surface area contributed by atoms with Gasteiger partial charge in [0.25, 0.3) is 0 Å². The summed E-state index contributed by atoms with van der Waals surface area (Å²) in [4.78, 5) is 2.22. The Hall–Kier alpha value is 2.30. The van der Waals surface area contributed by atoms with Crippen LogP contribution in [0, 0.1) is 0 Å². The molecule has 378 valence electrons. The monoisotopic (exact) mass is 1240 g/mol. The number of methoxy groups -OCH3 is 2. The highest BCUT2D eigenvalue weighted by molar-refractivity contribution is 8.49. The van der Waals surface area contributed by atoms with E-state index >= 15 is 0 Å². The van der Waals surface area contributed by atoms with Gasteiger partial charge in [0.15, 0.2) is 11.5 Å². The minimum Gasteiger partial charge on any atom is -0.491 e.